The normalized spacial score (nSPS) is 17.1. The summed E-state index contributed by atoms with van der Waals surface area (Å²) in [6.45, 7) is 9.85. The molecule has 2 aromatic carbocycles. The lowest BCUT2D eigenvalue weighted by molar-refractivity contribution is 0.148. The fraction of sp³-hybridized carbons (Fsp3) is 0.355. The van der Waals surface area contributed by atoms with Gasteiger partial charge in [-0.1, -0.05) is 30.3 Å². The number of phenols is 1. The molecule has 0 saturated carbocycles. The van der Waals surface area contributed by atoms with E-state index in [0.717, 1.165) is 73.4 Å². The van der Waals surface area contributed by atoms with Crippen LogP contribution in [0.4, 0.5) is 0 Å². The minimum Gasteiger partial charge on any atom is -0.508 e. The lowest BCUT2D eigenvalue weighted by atomic mass is 9.95. The lowest BCUT2D eigenvalue weighted by Gasteiger charge is -2.32. The summed E-state index contributed by atoms with van der Waals surface area (Å²) in [5, 5.41) is 12.6. The Morgan fingerprint density at radius 1 is 1.00 bits per heavy atom. The van der Waals surface area contributed by atoms with Gasteiger partial charge in [0.1, 0.15) is 11.5 Å². The van der Waals surface area contributed by atoms with Crippen LogP contribution >= 0.6 is 0 Å². The minimum absolute atomic E-state index is 0.235. The van der Waals surface area contributed by atoms with Gasteiger partial charge in [-0.05, 0) is 80.3 Å². The van der Waals surface area contributed by atoms with Crippen molar-refractivity contribution in [2.75, 3.05) is 40.3 Å². The number of aromatic amines is 1. The van der Waals surface area contributed by atoms with Crippen LogP contribution in [0.15, 0.2) is 48.5 Å². The number of methoxy groups -OCH3 is 1. The van der Waals surface area contributed by atoms with Gasteiger partial charge in [-0.25, -0.2) is 0 Å². The van der Waals surface area contributed by atoms with Gasteiger partial charge in [0, 0.05) is 60.1 Å². The molecule has 5 heteroatoms. The van der Waals surface area contributed by atoms with Crippen molar-refractivity contribution in [3.05, 3.63) is 75.9 Å². The molecule has 1 fully saturated rings. The molecule has 2 heterocycles. The number of aromatic nitrogens is 1. The van der Waals surface area contributed by atoms with Gasteiger partial charge in [-0.15, -0.1) is 0 Å². The first-order valence-corrected chi connectivity index (χ1v) is 12.9. The summed E-state index contributed by atoms with van der Waals surface area (Å²) < 4.78 is 5.68. The van der Waals surface area contributed by atoms with Gasteiger partial charge < -0.3 is 19.7 Å². The first-order valence-electron chi connectivity index (χ1n) is 12.9. The van der Waals surface area contributed by atoms with Gasteiger partial charge in [-0.3, -0.25) is 4.90 Å². The molecule has 36 heavy (non-hydrogen) atoms. The van der Waals surface area contributed by atoms with Gasteiger partial charge in [0.05, 0.1) is 7.11 Å². The zero-order chi connectivity index (χ0) is 25.2. The SMILES string of the molecule is COc1ccc(O)cc1-c1c(C)[nH]c2c1=CC(c1ccc(CN3CCN(C)CC3)cc1)=CCCC=2C. The fourth-order valence-electron chi connectivity index (χ4n) is 5.42. The summed E-state index contributed by atoms with van der Waals surface area (Å²) in [6.07, 6.45) is 6.66. The third-order valence-corrected chi connectivity index (χ3v) is 7.58. The number of likely N-dealkylation sites (N-methyl/N-ethyl adjacent to an activating group) is 1. The standard InChI is InChI=1S/C31H37N3O2/c1-21-6-5-7-25(24-10-8-23(9-11-24)20-34-16-14-33(3)15-17-34)18-28-30(22(2)32-31(21)28)27-19-26(35)12-13-29(27)36-4/h7-13,18-19,32,35H,5-6,14-17,20H2,1-4H3. The highest BCUT2D eigenvalue weighted by Gasteiger charge is 2.17. The van der Waals surface area contributed by atoms with Gasteiger partial charge in [0.2, 0.25) is 0 Å². The van der Waals surface area contributed by atoms with E-state index in [1.807, 2.05) is 6.07 Å². The number of piperazine rings is 1. The molecule has 188 valence electrons. The number of phenolic OH excluding ortho intramolecular Hbond substituents is 1. The molecule has 5 nitrogen and oxygen atoms in total. The van der Waals surface area contributed by atoms with Crippen molar-refractivity contribution in [2.24, 2.45) is 0 Å². The number of ether oxygens (including phenoxy) is 1. The number of nitrogens with one attached hydrogen (secondary N) is 1. The van der Waals surface area contributed by atoms with E-state index in [9.17, 15) is 5.11 Å². The topological polar surface area (TPSA) is 51.7 Å². The van der Waals surface area contributed by atoms with Crippen LogP contribution in [0.5, 0.6) is 11.5 Å². The maximum atomic E-state index is 10.3. The van der Waals surface area contributed by atoms with E-state index >= 15 is 0 Å². The van der Waals surface area contributed by atoms with Crippen LogP contribution in [0.1, 0.15) is 36.6 Å². The smallest absolute Gasteiger partial charge is 0.127 e. The number of fused-ring (bicyclic) bond motifs is 1. The Kier molecular flexibility index (Phi) is 7.04. The van der Waals surface area contributed by atoms with E-state index in [-0.39, 0.29) is 5.75 Å². The average Bonchev–Trinajstić information content (AvgIpc) is 3.19. The molecule has 5 rings (SSSR count). The molecule has 2 N–H and O–H groups in total. The van der Waals surface area contributed by atoms with E-state index in [2.05, 4.69) is 72.1 Å². The van der Waals surface area contributed by atoms with Crippen LogP contribution in [0, 0.1) is 6.92 Å². The maximum absolute atomic E-state index is 10.3. The van der Waals surface area contributed by atoms with Crippen molar-refractivity contribution in [3.63, 3.8) is 0 Å². The maximum Gasteiger partial charge on any atom is 0.127 e. The van der Waals surface area contributed by atoms with Gasteiger partial charge in [-0.2, -0.15) is 0 Å². The highest BCUT2D eigenvalue weighted by molar-refractivity contribution is 5.91. The Labute approximate surface area is 214 Å². The highest BCUT2D eigenvalue weighted by atomic mass is 16.5. The van der Waals surface area contributed by atoms with Crippen molar-refractivity contribution in [1.29, 1.82) is 0 Å². The van der Waals surface area contributed by atoms with E-state index in [1.165, 1.54) is 27.6 Å². The molecule has 1 aromatic heterocycles. The number of aryl methyl sites for hydroxylation is 1. The van der Waals surface area contributed by atoms with Gasteiger partial charge >= 0.3 is 0 Å². The number of rotatable bonds is 5. The number of aromatic hydroxyl groups is 1. The second kappa shape index (κ2) is 10.4. The van der Waals surface area contributed by atoms with Crippen LogP contribution < -0.4 is 15.3 Å². The highest BCUT2D eigenvalue weighted by Crippen LogP contribution is 2.33. The Morgan fingerprint density at radius 3 is 2.47 bits per heavy atom. The first-order chi connectivity index (χ1) is 17.4. The van der Waals surface area contributed by atoms with Crippen LogP contribution in [0.25, 0.3) is 28.3 Å². The third kappa shape index (κ3) is 4.99. The Bertz CT molecular complexity index is 1390. The Morgan fingerprint density at radius 2 is 1.75 bits per heavy atom. The van der Waals surface area contributed by atoms with E-state index in [0.29, 0.717) is 0 Å². The van der Waals surface area contributed by atoms with Gasteiger partial charge in [0.15, 0.2) is 0 Å². The van der Waals surface area contributed by atoms with Crippen LogP contribution in [0.2, 0.25) is 0 Å². The monoisotopic (exact) mass is 483 g/mol. The molecular weight excluding hydrogens is 446 g/mol. The molecular formula is C31H37N3O2. The average molecular weight is 484 g/mol. The van der Waals surface area contributed by atoms with Crippen molar-refractivity contribution >= 4 is 17.2 Å². The van der Waals surface area contributed by atoms with Crippen molar-refractivity contribution in [1.82, 2.24) is 14.8 Å². The summed E-state index contributed by atoms with van der Waals surface area (Å²) in [4.78, 5) is 8.58. The molecule has 0 atom stereocenters. The van der Waals surface area contributed by atoms with Crippen LogP contribution in [-0.2, 0) is 6.54 Å². The number of benzene rings is 2. The molecule has 0 amide bonds. The second-order valence-electron chi connectivity index (χ2n) is 10.2. The van der Waals surface area contributed by atoms with Crippen molar-refractivity contribution < 1.29 is 9.84 Å². The molecule has 0 radical (unpaired) electrons. The second-order valence-corrected chi connectivity index (χ2v) is 10.2. The summed E-state index contributed by atoms with van der Waals surface area (Å²) in [6, 6.07) is 14.4. The van der Waals surface area contributed by atoms with E-state index < -0.39 is 0 Å². The summed E-state index contributed by atoms with van der Waals surface area (Å²) in [5.41, 5.74) is 8.22. The van der Waals surface area contributed by atoms with Gasteiger partial charge in [0.25, 0.3) is 0 Å². The Balaban J connectivity index is 1.54. The largest absolute Gasteiger partial charge is 0.508 e. The summed E-state index contributed by atoms with van der Waals surface area (Å²) in [5.74, 6) is 0.989. The predicted molar refractivity (Wildman–Crippen MR) is 148 cm³/mol. The van der Waals surface area contributed by atoms with Crippen LogP contribution in [-0.4, -0.2) is 60.2 Å². The molecule has 3 aromatic rings. The summed E-state index contributed by atoms with van der Waals surface area (Å²) >= 11 is 0. The number of hydrogen-bond donors (Lipinski definition) is 2. The molecule has 0 unspecified atom stereocenters. The fourth-order valence-corrected chi connectivity index (χ4v) is 5.42. The molecule has 0 spiro atoms. The molecule has 1 aliphatic heterocycles. The lowest BCUT2D eigenvalue weighted by Crippen LogP contribution is -2.43. The van der Waals surface area contributed by atoms with Crippen LogP contribution in [0.3, 0.4) is 0 Å². The zero-order valence-electron chi connectivity index (χ0n) is 21.9. The first kappa shape index (κ1) is 24.4. The minimum atomic E-state index is 0.235. The molecule has 1 aliphatic carbocycles. The number of allylic oxidation sites excluding steroid dienone is 2. The number of H-pyrrole nitrogens is 1. The molecule has 2 aliphatic rings. The predicted octanol–water partition coefficient (Wildman–Crippen LogP) is 4.28. The van der Waals surface area contributed by atoms with Crippen molar-refractivity contribution in [3.8, 4) is 22.6 Å². The molecule has 1 saturated heterocycles. The Hall–Kier alpha value is -3.28. The third-order valence-electron chi connectivity index (χ3n) is 7.58. The summed E-state index contributed by atoms with van der Waals surface area (Å²) in [7, 11) is 3.88. The quantitative estimate of drug-likeness (QED) is 0.569. The van der Waals surface area contributed by atoms with Crippen molar-refractivity contribution in [2.45, 2.75) is 33.2 Å². The number of hydrogen-bond acceptors (Lipinski definition) is 4. The van der Waals surface area contributed by atoms with E-state index in [4.69, 9.17) is 4.74 Å². The number of nitrogens with zero attached hydrogens (tertiary/aromatic N) is 2. The van der Waals surface area contributed by atoms with E-state index in [1.54, 1.807) is 19.2 Å². The molecule has 0 bridgehead atoms. The zero-order valence-corrected chi connectivity index (χ0v) is 21.9.